The number of hydrogen-bond acceptors (Lipinski definition) is 1. The third-order valence-electron chi connectivity index (χ3n) is 4.36. The maximum atomic E-state index is 6.30. The lowest BCUT2D eigenvalue weighted by atomic mass is 9.67. The lowest BCUT2D eigenvalue weighted by Gasteiger charge is -2.38. The van der Waals surface area contributed by atoms with Crippen molar-refractivity contribution in [2.75, 3.05) is 0 Å². The van der Waals surface area contributed by atoms with E-state index in [1.807, 2.05) is 0 Å². The first-order chi connectivity index (χ1) is 6.39. The van der Waals surface area contributed by atoms with Crippen LogP contribution in [0.2, 0.25) is 0 Å². The summed E-state index contributed by atoms with van der Waals surface area (Å²) in [6, 6.07) is 8.72. The van der Waals surface area contributed by atoms with E-state index in [0.29, 0.717) is 0 Å². The molecule has 2 rings (SSSR count). The highest BCUT2D eigenvalue weighted by Gasteiger charge is 2.50. The van der Waals surface area contributed by atoms with Gasteiger partial charge in [0.05, 0.1) is 0 Å². The molecule has 1 aromatic carbocycles. The first kappa shape index (κ1) is 9.72. The van der Waals surface area contributed by atoms with Gasteiger partial charge in [-0.05, 0) is 22.0 Å². The summed E-state index contributed by atoms with van der Waals surface area (Å²) in [4.78, 5) is 0. The number of rotatable bonds is 0. The molecular weight excluding hydrogens is 170 g/mol. The molecule has 1 aromatic rings. The number of benzene rings is 1. The van der Waals surface area contributed by atoms with Gasteiger partial charge in [0.2, 0.25) is 0 Å². The lowest BCUT2D eigenvalue weighted by molar-refractivity contribution is 0.184. The summed E-state index contributed by atoms with van der Waals surface area (Å²) < 4.78 is 0. The zero-order valence-electron chi connectivity index (χ0n) is 9.46. The second-order valence-electron chi connectivity index (χ2n) is 5.41. The molecule has 0 bridgehead atoms. The Morgan fingerprint density at radius 1 is 1.07 bits per heavy atom. The fourth-order valence-electron chi connectivity index (χ4n) is 2.46. The fraction of sp³-hybridized carbons (Fsp3) is 0.538. The minimum absolute atomic E-state index is 0.136. The van der Waals surface area contributed by atoms with Crippen LogP contribution in [-0.2, 0) is 5.41 Å². The highest BCUT2D eigenvalue weighted by Crippen LogP contribution is 2.55. The maximum Gasteiger partial charge on any atom is 0.0358 e. The monoisotopic (exact) mass is 189 g/mol. The summed E-state index contributed by atoms with van der Waals surface area (Å²) in [6.45, 7) is 9.10. The van der Waals surface area contributed by atoms with E-state index in [9.17, 15) is 0 Å². The molecule has 0 spiro atoms. The molecule has 1 atom stereocenters. The van der Waals surface area contributed by atoms with Crippen molar-refractivity contribution in [1.29, 1.82) is 0 Å². The van der Waals surface area contributed by atoms with Crippen molar-refractivity contribution in [2.45, 2.75) is 39.2 Å². The topological polar surface area (TPSA) is 26.0 Å². The molecule has 14 heavy (non-hydrogen) atoms. The summed E-state index contributed by atoms with van der Waals surface area (Å²) in [5.41, 5.74) is 9.34. The highest BCUT2D eigenvalue weighted by molar-refractivity contribution is 5.44. The number of nitrogens with two attached hydrogens (primary N) is 1. The molecule has 0 saturated heterocycles. The van der Waals surface area contributed by atoms with Gasteiger partial charge in [-0.3, -0.25) is 0 Å². The molecule has 2 N–H and O–H groups in total. The van der Waals surface area contributed by atoms with E-state index < -0.39 is 0 Å². The number of fused-ring (bicyclic) bond motifs is 1. The van der Waals surface area contributed by atoms with Gasteiger partial charge in [-0.2, -0.15) is 0 Å². The van der Waals surface area contributed by atoms with Gasteiger partial charge < -0.3 is 5.73 Å². The van der Waals surface area contributed by atoms with Crippen molar-refractivity contribution in [1.82, 2.24) is 0 Å². The lowest BCUT2D eigenvalue weighted by Crippen LogP contribution is -2.37. The van der Waals surface area contributed by atoms with E-state index in [4.69, 9.17) is 5.73 Å². The first-order valence-electron chi connectivity index (χ1n) is 5.24. The predicted octanol–water partition coefficient (Wildman–Crippen LogP) is 3.00. The minimum atomic E-state index is 0.136. The van der Waals surface area contributed by atoms with Crippen LogP contribution in [0.1, 0.15) is 44.9 Å². The largest absolute Gasteiger partial charge is 0.323 e. The van der Waals surface area contributed by atoms with E-state index in [1.165, 1.54) is 11.1 Å². The second kappa shape index (κ2) is 2.60. The van der Waals surface area contributed by atoms with Crippen LogP contribution in [0.5, 0.6) is 0 Å². The summed E-state index contributed by atoms with van der Waals surface area (Å²) in [6.07, 6.45) is 0. The van der Waals surface area contributed by atoms with Gasteiger partial charge in [-0.15, -0.1) is 0 Å². The molecule has 0 heterocycles. The zero-order chi connectivity index (χ0) is 10.6. The molecule has 0 radical (unpaired) electrons. The highest BCUT2D eigenvalue weighted by atomic mass is 14.7. The van der Waals surface area contributed by atoms with Crippen LogP contribution in [0.15, 0.2) is 24.3 Å². The molecule has 0 aliphatic heterocycles. The van der Waals surface area contributed by atoms with Crippen molar-refractivity contribution >= 4 is 0 Å². The van der Waals surface area contributed by atoms with E-state index in [-0.39, 0.29) is 16.9 Å². The number of hydrogen-bond donors (Lipinski definition) is 1. The second-order valence-corrected chi connectivity index (χ2v) is 5.41. The Hall–Kier alpha value is -0.820. The van der Waals surface area contributed by atoms with Gasteiger partial charge in [-0.1, -0.05) is 52.0 Å². The van der Waals surface area contributed by atoms with Gasteiger partial charge in [0.15, 0.2) is 0 Å². The molecule has 1 aliphatic carbocycles. The van der Waals surface area contributed by atoms with Crippen molar-refractivity contribution in [3.8, 4) is 0 Å². The standard InChI is InChI=1S/C13H19N/c1-12(2)10-8-6-5-7-9(10)11(14)13(12,3)4/h5-8,11H,14H2,1-4H3. The van der Waals surface area contributed by atoms with E-state index in [0.717, 1.165) is 0 Å². The van der Waals surface area contributed by atoms with Crippen molar-refractivity contribution in [3.63, 3.8) is 0 Å². The van der Waals surface area contributed by atoms with Gasteiger partial charge in [0.25, 0.3) is 0 Å². The van der Waals surface area contributed by atoms with Crippen LogP contribution in [0.25, 0.3) is 0 Å². The van der Waals surface area contributed by atoms with Gasteiger partial charge in [-0.25, -0.2) is 0 Å². The van der Waals surface area contributed by atoms with Crippen molar-refractivity contribution < 1.29 is 0 Å². The molecule has 1 aliphatic rings. The summed E-state index contributed by atoms with van der Waals surface area (Å²) in [7, 11) is 0. The molecule has 0 aromatic heterocycles. The first-order valence-corrected chi connectivity index (χ1v) is 5.24. The van der Waals surface area contributed by atoms with Crippen LogP contribution >= 0.6 is 0 Å². The molecular formula is C13H19N. The Morgan fingerprint density at radius 3 is 2.21 bits per heavy atom. The SMILES string of the molecule is CC1(C)c2ccccc2C(N)C1(C)C. The van der Waals surface area contributed by atoms with Gasteiger partial charge >= 0.3 is 0 Å². The Morgan fingerprint density at radius 2 is 1.64 bits per heavy atom. The average molecular weight is 189 g/mol. The molecule has 0 fully saturated rings. The predicted molar refractivity (Wildman–Crippen MR) is 60.2 cm³/mol. The van der Waals surface area contributed by atoms with Gasteiger partial charge in [0.1, 0.15) is 0 Å². The average Bonchev–Trinajstić information content (AvgIpc) is 2.27. The van der Waals surface area contributed by atoms with E-state index >= 15 is 0 Å². The van der Waals surface area contributed by atoms with Gasteiger partial charge in [0, 0.05) is 6.04 Å². The minimum Gasteiger partial charge on any atom is -0.323 e. The summed E-state index contributed by atoms with van der Waals surface area (Å²) in [5, 5.41) is 0. The smallest absolute Gasteiger partial charge is 0.0358 e. The van der Waals surface area contributed by atoms with Crippen LogP contribution < -0.4 is 5.73 Å². The van der Waals surface area contributed by atoms with Crippen LogP contribution in [0.3, 0.4) is 0 Å². The quantitative estimate of drug-likeness (QED) is 0.667. The Balaban J connectivity index is 2.68. The van der Waals surface area contributed by atoms with Crippen LogP contribution in [0, 0.1) is 5.41 Å². The summed E-state index contributed by atoms with van der Waals surface area (Å²) >= 11 is 0. The third kappa shape index (κ3) is 0.936. The molecule has 76 valence electrons. The fourth-order valence-corrected chi connectivity index (χ4v) is 2.46. The zero-order valence-corrected chi connectivity index (χ0v) is 9.46. The molecule has 0 amide bonds. The molecule has 1 nitrogen and oxygen atoms in total. The normalized spacial score (nSPS) is 27.4. The van der Waals surface area contributed by atoms with E-state index in [2.05, 4.69) is 52.0 Å². The molecule has 0 saturated carbocycles. The Kier molecular flexibility index (Phi) is 1.81. The maximum absolute atomic E-state index is 6.30. The molecule has 1 unspecified atom stereocenters. The summed E-state index contributed by atoms with van der Waals surface area (Å²) in [5.74, 6) is 0. The van der Waals surface area contributed by atoms with E-state index in [1.54, 1.807) is 0 Å². The van der Waals surface area contributed by atoms with Crippen molar-refractivity contribution in [2.24, 2.45) is 11.1 Å². The van der Waals surface area contributed by atoms with Crippen LogP contribution in [0.4, 0.5) is 0 Å². The third-order valence-corrected chi connectivity index (χ3v) is 4.36. The van der Waals surface area contributed by atoms with Crippen molar-refractivity contribution in [3.05, 3.63) is 35.4 Å². The Bertz CT molecular complexity index is 363. The molecule has 1 heteroatoms. The Labute approximate surface area is 86.3 Å². The van der Waals surface area contributed by atoms with Crippen LogP contribution in [-0.4, -0.2) is 0 Å².